The van der Waals surface area contributed by atoms with Crippen molar-refractivity contribution in [1.82, 2.24) is 15.5 Å². The second kappa shape index (κ2) is 11.7. The minimum atomic E-state index is 0. The summed E-state index contributed by atoms with van der Waals surface area (Å²) in [5, 5.41) is 6.51. The molecule has 1 amide bonds. The fraction of sp³-hybridized carbons (Fsp3) is 0.632. The zero-order valence-electron chi connectivity index (χ0n) is 15.7. The van der Waals surface area contributed by atoms with Crippen LogP contribution in [-0.4, -0.2) is 42.5 Å². The highest BCUT2D eigenvalue weighted by atomic mass is 35.5. The third-order valence-corrected chi connectivity index (χ3v) is 4.88. The first-order valence-electron chi connectivity index (χ1n) is 8.85. The number of benzene rings is 1. The third-order valence-electron chi connectivity index (χ3n) is 4.88. The lowest BCUT2D eigenvalue weighted by Gasteiger charge is -2.30. The minimum absolute atomic E-state index is 0. The topological polar surface area (TPSA) is 44.4 Å². The van der Waals surface area contributed by atoms with Crippen molar-refractivity contribution in [2.45, 2.75) is 52.7 Å². The largest absolute Gasteiger partial charge is 0.348 e. The van der Waals surface area contributed by atoms with E-state index in [1.54, 1.807) is 0 Å². The van der Waals surface area contributed by atoms with Gasteiger partial charge in [-0.05, 0) is 57.0 Å². The van der Waals surface area contributed by atoms with E-state index in [0.717, 1.165) is 38.2 Å². The van der Waals surface area contributed by atoms with Crippen LogP contribution in [0.2, 0.25) is 0 Å². The number of hydrogen-bond donors (Lipinski definition) is 2. The molecule has 0 bridgehead atoms. The zero-order valence-corrected chi connectivity index (χ0v) is 17.4. The molecule has 1 heterocycles. The zero-order chi connectivity index (χ0) is 16.8. The Bertz CT molecular complexity index is 508. The highest BCUT2D eigenvalue weighted by Crippen LogP contribution is 2.13. The maximum absolute atomic E-state index is 12.4. The average Bonchev–Trinajstić information content (AvgIpc) is 2.55. The molecular formula is C19H33Cl2N3O. The predicted octanol–water partition coefficient (Wildman–Crippen LogP) is 3.49. The Kier molecular flexibility index (Phi) is 11.4. The van der Waals surface area contributed by atoms with Crippen molar-refractivity contribution in [2.24, 2.45) is 5.92 Å². The Morgan fingerprint density at radius 1 is 1.28 bits per heavy atom. The molecular weight excluding hydrogens is 357 g/mol. The number of carbonyl (C=O) groups excluding carboxylic acids is 1. The molecule has 1 aromatic rings. The molecule has 6 heteroatoms. The summed E-state index contributed by atoms with van der Waals surface area (Å²) in [6, 6.07) is 8.79. The van der Waals surface area contributed by atoms with Gasteiger partial charge in [-0.3, -0.25) is 9.69 Å². The van der Waals surface area contributed by atoms with Gasteiger partial charge in [0.2, 0.25) is 0 Å². The molecule has 0 aliphatic carbocycles. The number of rotatable bonds is 6. The van der Waals surface area contributed by atoms with Crippen molar-refractivity contribution in [3.8, 4) is 0 Å². The van der Waals surface area contributed by atoms with E-state index in [1.165, 1.54) is 5.56 Å². The molecule has 1 aliphatic rings. The first-order valence-corrected chi connectivity index (χ1v) is 8.85. The molecule has 2 atom stereocenters. The lowest BCUT2D eigenvalue weighted by atomic mass is 9.94. The van der Waals surface area contributed by atoms with Gasteiger partial charge in [0.1, 0.15) is 0 Å². The quantitative estimate of drug-likeness (QED) is 0.782. The molecule has 0 spiro atoms. The van der Waals surface area contributed by atoms with Crippen LogP contribution in [0.4, 0.5) is 0 Å². The molecule has 4 nitrogen and oxygen atoms in total. The molecule has 2 unspecified atom stereocenters. The van der Waals surface area contributed by atoms with Crippen LogP contribution in [0, 0.1) is 5.92 Å². The van der Waals surface area contributed by atoms with Gasteiger partial charge in [0.15, 0.2) is 0 Å². The smallest absolute Gasteiger partial charge is 0.251 e. The Balaban J connectivity index is 0.00000288. The average molecular weight is 390 g/mol. The van der Waals surface area contributed by atoms with E-state index < -0.39 is 0 Å². The van der Waals surface area contributed by atoms with E-state index >= 15 is 0 Å². The van der Waals surface area contributed by atoms with Crippen LogP contribution >= 0.6 is 24.8 Å². The second-order valence-electron chi connectivity index (χ2n) is 6.90. The van der Waals surface area contributed by atoms with E-state index in [0.29, 0.717) is 12.0 Å². The lowest BCUT2D eigenvalue weighted by Crippen LogP contribution is -2.50. The summed E-state index contributed by atoms with van der Waals surface area (Å²) in [5.41, 5.74) is 2.00. The lowest BCUT2D eigenvalue weighted by molar-refractivity contribution is 0.0915. The van der Waals surface area contributed by atoms with Gasteiger partial charge in [0, 0.05) is 30.7 Å². The van der Waals surface area contributed by atoms with E-state index in [1.807, 2.05) is 12.1 Å². The second-order valence-corrected chi connectivity index (χ2v) is 6.90. The number of amides is 1. The van der Waals surface area contributed by atoms with Gasteiger partial charge in [-0.2, -0.15) is 0 Å². The Labute approximate surface area is 164 Å². The van der Waals surface area contributed by atoms with Crippen LogP contribution < -0.4 is 10.6 Å². The Hall–Kier alpha value is -0.810. The summed E-state index contributed by atoms with van der Waals surface area (Å²) in [7, 11) is 0. The molecule has 2 N–H and O–H groups in total. The number of hydrogen-bond acceptors (Lipinski definition) is 3. The van der Waals surface area contributed by atoms with Crippen molar-refractivity contribution in [3.05, 3.63) is 35.4 Å². The van der Waals surface area contributed by atoms with Crippen molar-refractivity contribution in [1.29, 1.82) is 0 Å². The molecule has 0 saturated carbocycles. The molecule has 2 rings (SSSR count). The summed E-state index contributed by atoms with van der Waals surface area (Å²) >= 11 is 0. The van der Waals surface area contributed by atoms with Crippen LogP contribution in [0.15, 0.2) is 24.3 Å². The van der Waals surface area contributed by atoms with E-state index in [-0.39, 0.29) is 36.8 Å². The van der Waals surface area contributed by atoms with Gasteiger partial charge < -0.3 is 10.6 Å². The molecule has 1 saturated heterocycles. The summed E-state index contributed by atoms with van der Waals surface area (Å²) < 4.78 is 0. The van der Waals surface area contributed by atoms with E-state index in [9.17, 15) is 4.79 Å². The molecule has 144 valence electrons. The van der Waals surface area contributed by atoms with Crippen LogP contribution in [0.3, 0.4) is 0 Å². The summed E-state index contributed by atoms with van der Waals surface area (Å²) in [4.78, 5) is 14.8. The van der Waals surface area contributed by atoms with E-state index in [2.05, 4.69) is 55.4 Å². The van der Waals surface area contributed by atoms with Crippen LogP contribution in [0.1, 0.15) is 50.0 Å². The van der Waals surface area contributed by atoms with Gasteiger partial charge in [0.05, 0.1) is 0 Å². The van der Waals surface area contributed by atoms with Crippen LogP contribution in [0.25, 0.3) is 0 Å². The van der Waals surface area contributed by atoms with Crippen LogP contribution in [-0.2, 0) is 6.54 Å². The third kappa shape index (κ3) is 7.14. The molecule has 0 aromatic heterocycles. The molecule has 1 aliphatic heterocycles. The predicted molar refractivity (Wildman–Crippen MR) is 110 cm³/mol. The number of nitrogens with one attached hydrogen (secondary N) is 2. The normalized spacial score (nSPS) is 19.9. The first-order chi connectivity index (χ1) is 11.0. The molecule has 0 radical (unpaired) electrons. The monoisotopic (exact) mass is 389 g/mol. The fourth-order valence-corrected chi connectivity index (χ4v) is 3.09. The summed E-state index contributed by atoms with van der Waals surface area (Å²) in [6.45, 7) is 12.7. The van der Waals surface area contributed by atoms with Gasteiger partial charge in [-0.15, -0.1) is 24.8 Å². The van der Waals surface area contributed by atoms with Crippen molar-refractivity contribution in [3.63, 3.8) is 0 Å². The highest BCUT2D eigenvalue weighted by Gasteiger charge is 2.23. The fourth-order valence-electron chi connectivity index (χ4n) is 3.09. The molecule has 1 fully saturated rings. The minimum Gasteiger partial charge on any atom is -0.348 e. The van der Waals surface area contributed by atoms with Gasteiger partial charge in [-0.25, -0.2) is 0 Å². The standard InChI is InChI=1S/C19H31N3O.2ClH/c1-5-22(14(2)3)13-16-6-8-17(9-7-16)19(23)21-18-12-20-11-10-15(18)4;;/h6-9,14-15,18,20H,5,10-13H2,1-4H3,(H,21,23);2*1H. The number of piperidine rings is 1. The van der Waals surface area contributed by atoms with Crippen molar-refractivity contribution < 1.29 is 4.79 Å². The maximum Gasteiger partial charge on any atom is 0.251 e. The van der Waals surface area contributed by atoms with E-state index in [4.69, 9.17) is 0 Å². The van der Waals surface area contributed by atoms with Crippen molar-refractivity contribution >= 4 is 30.7 Å². The van der Waals surface area contributed by atoms with Gasteiger partial charge in [0.25, 0.3) is 5.91 Å². The molecule has 1 aromatic carbocycles. The van der Waals surface area contributed by atoms with Gasteiger partial charge >= 0.3 is 0 Å². The number of nitrogens with zero attached hydrogens (tertiary/aromatic N) is 1. The van der Waals surface area contributed by atoms with Gasteiger partial charge in [-0.1, -0.05) is 26.0 Å². The van der Waals surface area contributed by atoms with Crippen molar-refractivity contribution in [2.75, 3.05) is 19.6 Å². The van der Waals surface area contributed by atoms with Crippen LogP contribution in [0.5, 0.6) is 0 Å². The summed E-state index contributed by atoms with van der Waals surface area (Å²) in [5.74, 6) is 0.567. The first kappa shape index (κ1) is 24.2. The maximum atomic E-state index is 12.4. The SMILES string of the molecule is CCN(Cc1ccc(C(=O)NC2CNCCC2C)cc1)C(C)C.Cl.Cl. The summed E-state index contributed by atoms with van der Waals surface area (Å²) in [6.07, 6.45) is 1.12. The number of carbonyl (C=O) groups is 1. The number of halogens is 2. The molecule has 25 heavy (non-hydrogen) atoms. The highest BCUT2D eigenvalue weighted by molar-refractivity contribution is 5.94. The Morgan fingerprint density at radius 2 is 1.92 bits per heavy atom. The Morgan fingerprint density at radius 3 is 2.44 bits per heavy atom.